The van der Waals surface area contributed by atoms with Gasteiger partial charge in [0.15, 0.2) is 5.69 Å². The quantitative estimate of drug-likeness (QED) is 0.570. The largest absolute Gasteiger partial charge is 0.349 e. The molecule has 0 radical (unpaired) electrons. The third-order valence-corrected chi connectivity index (χ3v) is 4.48. The van der Waals surface area contributed by atoms with E-state index in [4.69, 9.17) is 0 Å². The maximum Gasteiger partial charge on any atom is 0.273 e. The van der Waals surface area contributed by atoms with Crippen LogP contribution in [0.5, 0.6) is 0 Å². The van der Waals surface area contributed by atoms with E-state index in [2.05, 4.69) is 26.0 Å². The van der Waals surface area contributed by atoms with Crippen LogP contribution in [-0.2, 0) is 6.54 Å². The molecule has 0 spiro atoms. The highest BCUT2D eigenvalue weighted by Crippen LogP contribution is 2.19. The van der Waals surface area contributed by atoms with Crippen LogP contribution in [0.4, 0.5) is 0 Å². The van der Waals surface area contributed by atoms with Crippen molar-refractivity contribution in [2.75, 3.05) is 6.54 Å². The number of aromatic nitrogens is 5. The Kier molecular flexibility index (Phi) is 4.57. The summed E-state index contributed by atoms with van der Waals surface area (Å²) < 4.78 is 1.81. The van der Waals surface area contributed by atoms with Gasteiger partial charge in [-0.25, -0.2) is 0 Å². The number of para-hydroxylation sites is 1. The number of amides is 1. The van der Waals surface area contributed by atoms with E-state index in [0.29, 0.717) is 13.1 Å². The number of rotatable bonds is 6. The topological polar surface area (TPSA) is 77.6 Å². The van der Waals surface area contributed by atoms with Gasteiger partial charge in [-0.3, -0.25) is 9.48 Å². The maximum absolute atomic E-state index is 12.2. The molecule has 0 saturated carbocycles. The minimum absolute atomic E-state index is 0.252. The van der Waals surface area contributed by atoms with E-state index in [-0.39, 0.29) is 11.6 Å². The maximum atomic E-state index is 12.2. The second kappa shape index (κ2) is 7.32. The number of thiophene rings is 1. The van der Waals surface area contributed by atoms with Crippen LogP contribution in [-0.4, -0.2) is 37.2 Å². The van der Waals surface area contributed by atoms with E-state index < -0.39 is 0 Å². The summed E-state index contributed by atoms with van der Waals surface area (Å²) in [5.74, 6) is -0.252. The molecule has 7 nitrogen and oxygen atoms in total. The Bertz CT molecular complexity index is 990. The fourth-order valence-electron chi connectivity index (χ4n) is 2.48. The summed E-state index contributed by atoms with van der Waals surface area (Å²) in [6.07, 6.45) is 3.37. The number of hydrogen-bond donors (Lipinski definition) is 1. The van der Waals surface area contributed by atoms with E-state index in [1.165, 1.54) is 11.0 Å². The number of carbonyl (C=O) groups is 1. The Hall–Kier alpha value is -3.26. The Morgan fingerprint density at radius 2 is 2.00 bits per heavy atom. The number of hydrogen-bond acceptors (Lipinski definition) is 5. The summed E-state index contributed by atoms with van der Waals surface area (Å²) in [7, 11) is 0. The summed E-state index contributed by atoms with van der Waals surface area (Å²) in [6.45, 7) is 1.05. The standard InChI is InChI=1S/C18H16N6OS/c25-18(17-12-20-24(22-17)15-4-2-1-3-5-15)19-8-10-23-9-6-16(21-23)14-7-11-26-13-14/h1-7,9,11-13H,8,10H2,(H,19,25). The van der Waals surface area contributed by atoms with Crippen LogP contribution in [0.25, 0.3) is 16.9 Å². The molecule has 0 unspecified atom stereocenters. The summed E-state index contributed by atoms with van der Waals surface area (Å²) in [5, 5.41) is 19.8. The molecule has 3 aromatic heterocycles. The zero-order valence-electron chi connectivity index (χ0n) is 13.8. The Labute approximate surface area is 153 Å². The van der Waals surface area contributed by atoms with Crippen molar-refractivity contribution in [1.82, 2.24) is 30.1 Å². The highest BCUT2D eigenvalue weighted by molar-refractivity contribution is 7.08. The van der Waals surface area contributed by atoms with Crippen LogP contribution in [0.15, 0.2) is 65.6 Å². The van der Waals surface area contributed by atoms with Crippen molar-refractivity contribution in [3.05, 3.63) is 71.3 Å². The van der Waals surface area contributed by atoms with Crippen LogP contribution >= 0.6 is 11.3 Å². The van der Waals surface area contributed by atoms with Gasteiger partial charge in [-0.2, -0.15) is 26.3 Å². The highest BCUT2D eigenvalue weighted by Gasteiger charge is 2.11. The molecule has 0 saturated heterocycles. The van der Waals surface area contributed by atoms with Crippen molar-refractivity contribution >= 4 is 17.2 Å². The second-order valence-electron chi connectivity index (χ2n) is 5.59. The lowest BCUT2D eigenvalue weighted by atomic mass is 10.2. The highest BCUT2D eigenvalue weighted by atomic mass is 32.1. The molecule has 4 aromatic rings. The first-order chi connectivity index (χ1) is 12.8. The fraction of sp³-hybridized carbons (Fsp3) is 0.111. The average Bonchev–Trinajstić information content (AvgIpc) is 3.42. The minimum atomic E-state index is -0.252. The Morgan fingerprint density at radius 3 is 2.81 bits per heavy atom. The number of nitrogens with one attached hydrogen (secondary N) is 1. The van der Waals surface area contributed by atoms with Crippen molar-refractivity contribution in [3.63, 3.8) is 0 Å². The smallest absolute Gasteiger partial charge is 0.273 e. The molecule has 26 heavy (non-hydrogen) atoms. The summed E-state index contributed by atoms with van der Waals surface area (Å²) >= 11 is 1.64. The van der Waals surface area contributed by atoms with Gasteiger partial charge in [0.25, 0.3) is 5.91 Å². The molecule has 1 amide bonds. The SMILES string of the molecule is O=C(NCCn1ccc(-c2ccsc2)n1)c1cnn(-c2ccccc2)n1. The van der Waals surface area contributed by atoms with Crippen LogP contribution in [0, 0.1) is 0 Å². The van der Waals surface area contributed by atoms with Crippen LogP contribution in [0.1, 0.15) is 10.5 Å². The lowest BCUT2D eigenvalue weighted by molar-refractivity contribution is 0.0946. The van der Waals surface area contributed by atoms with E-state index in [1.807, 2.05) is 58.7 Å². The zero-order chi connectivity index (χ0) is 17.8. The van der Waals surface area contributed by atoms with E-state index in [9.17, 15) is 4.79 Å². The van der Waals surface area contributed by atoms with Crippen LogP contribution in [0.2, 0.25) is 0 Å². The van der Waals surface area contributed by atoms with Gasteiger partial charge in [0.1, 0.15) is 0 Å². The van der Waals surface area contributed by atoms with Gasteiger partial charge in [0, 0.05) is 23.7 Å². The van der Waals surface area contributed by atoms with Gasteiger partial charge in [-0.15, -0.1) is 5.10 Å². The predicted molar refractivity (Wildman–Crippen MR) is 99.2 cm³/mol. The number of benzene rings is 1. The van der Waals surface area contributed by atoms with Gasteiger partial charge < -0.3 is 5.32 Å². The molecular formula is C18H16N6OS. The molecule has 0 aliphatic carbocycles. The molecule has 3 heterocycles. The van der Waals surface area contributed by atoms with Gasteiger partial charge in [0.2, 0.25) is 0 Å². The Morgan fingerprint density at radius 1 is 1.12 bits per heavy atom. The van der Waals surface area contributed by atoms with Gasteiger partial charge in [-0.05, 0) is 29.6 Å². The number of nitrogens with zero attached hydrogens (tertiary/aromatic N) is 5. The first-order valence-corrected chi connectivity index (χ1v) is 9.06. The normalized spacial score (nSPS) is 10.8. The van der Waals surface area contributed by atoms with Gasteiger partial charge in [0.05, 0.1) is 24.1 Å². The van der Waals surface area contributed by atoms with Crippen LogP contribution < -0.4 is 5.32 Å². The van der Waals surface area contributed by atoms with Gasteiger partial charge >= 0.3 is 0 Å². The third-order valence-electron chi connectivity index (χ3n) is 3.80. The molecule has 0 bridgehead atoms. The fourth-order valence-corrected chi connectivity index (χ4v) is 3.13. The van der Waals surface area contributed by atoms with Crippen molar-refractivity contribution < 1.29 is 4.79 Å². The molecule has 130 valence electrons. The first-order valence-electron chi connectivity index (χ1n) is 8.11. The van der Waals surface area contributed by atoms with Crippen molar-refractivity contribution in [1.29, 1.82) is 0 Å². The van der Waals surface area contributed by atoms with Crippen molar-refractivity contribution in [2.45, 2.75) is 6.54 Å². The summed E-state index contributed by atoms with van der Waals surface area (Å²) in [5.41, 5.74) is 3.14. The number of carbonyl (C=O) groups excluding carboxylic acids is 1. The summed E-state index contributed by atoms with van der Waals surface area (Å²) in [4.78, 5) is 13.7. The lowest BCUT2D eigenvalue weighted by Gasteiger charge is -2.03. The molecule has 0 fully saturated rings. The monoisotopic (exact) mass is 364 g/mol. The van der Waals surface area contributed by atoms with Crippen molar-refractivity contribution in [2.24, 2.45) is 0 Å². The lowest BCUT2D eigenvalue weighted by Crippen LogP contribution is -2.27. The van der Waals surface area contributed by atoms with Gasteiger partial charge in [-0.1, -0.05) is 18.2 Å². The molecule has 0 aliphatic heterocycles. The van der Waals surface area contributed by atoms with Crippen molar-refractivity contribution in [3.8, 4) is 16.9 Å². The predicted octanol–water partition coefficient (Wildman–Crippen LogP) is 2.62. The molecule has 1 aromatic carbocycles. The second-order valence-corrected chi connectivity index (χ2v) is 6.37. The molecule has 4 rings (SSSR count). The molecular weight excluding hydrogens is 348 g/mol. The Balaban J connectivity index is 1.33. The zero-order valence-corrected chi connectivity index (χ0v) is 14.6. The first kappa shape index (κ1) is 16.2. The minimum Gasteiger partial charge on any atom is -0.349 e. The van der Waals surface area contributed by atoms with E-state index in [1.54, 1.807) is 11.3 Å². The average molecular weight is 364 g/mol. The molecule has 0 atom stereocenters. The summed E-state index contributed by atoms with van der Waals surface area (Å²) in [6, 6.07) is 13.5. The molecule has 0 aliphatic rings. The third kappa shape index (κ3) is 3.55. The molecule has 8 heteroatoms. The van der Waals surface area contributed by atoms with Crippen LogP contribution in [0.3, 0.4) is 0 Å². The van der Waals surface area contributed by atoms with E-state index >= 15 is 0 Å². The molecule has 1 N–H and O–H groups in total. The van der Waals surface area contributed by atoms with E-state index in [0.717, 1.165) is 16.9 Å².